The first-order valence-electron chi connectivity index (χ1n) is 7.42. The van der Waals surface area contributed by atoms with Gasteiger partial charge in [-0.05, 0) is 37.1 Å². The quantitative estimate of drug-likeness (QED) is 0.923. The van der Waals surface area contributed by atoms with Gasteiger partial charge < -0.3 is 19.9 Å². The molecule has 120 valence electrons. The molecule has 0 unspecified atom stereocenters. The van der Waals surface area contributed by atoms with Crippen molar-refractivity contribution < 1.29 is 14.3 Å². The Morgan fingerprint density at radius 1 is 1.18 bits per heavy atom. The molecule has 1 aromatic rings. The molecule has 0 saturated carbocycles. The van der Waals surface area contributed by atoms with E-state index in [1.165, 1.54) is 7.11 Å². The Morgan fingerprint density at radius 2 is 1.77 bits per heavy atom. The predicted octanol–water partition coefficient (Wildman–Crippen LogP) is 1.71. The minimum absolute atomic E-state index is 0.0678. The van der Waals surface area contributed by atoms with Gasteiger partial charge in [-0.25, -0.2) is 4.79 Å². The molecule has 1 aliphatic heterocycles. The maximum atomic E-state index is 12.2. The molecule has 1 heterocycles. The summed E-state index contributed by atoms with van der Waals surface area (Å²) in [6, 6.07) is 7.61. The Kier molecular flexibility index (Phi) is 5.25. The molecule has 0 aliphatic carbocycles. The molecule has 1 aliphatic rings. The lowest BCUT2D eigenvalue weighted by molar-refractivity contribution is 0.0892. The number of carbonyl (C=O) groups is 2. The second-order valence-corrected chi connectivity index (χ2v) is 5.65. The van der Waals surface area contributed by atoms with E-state index in [1.807, 2.05) is 43.3 Å². The van der Waals surface area contributed by atoms with Gasteiger partial charge in [-0.1, -0.05) is 0 Å². The van der Waals surface area contributed by atoms with E-state index in [0.717, 1.165) is 18.5 Å². The highest BCUT2D eigenvalue weighted by Crippen LogP contribution is 2.14. The zero-order chi connectivity index (χ0) is 16.1. The van der Waals surface area contributed by atoms with Crippen LogP contribution < -0.4 is 10.2 Å². The molecule has 0 aromatic heterocycles. The average molecular weight is 305 g/mol. The fourth-order valence-electron chi connectivity index (χ4n) is 2.52. The topological polar surface area (TPSA) is 61.9 Å². The zero-order valence-electron chi connectivity index (χ0n) is 13.3. The van der Waals surface area contributed by atoms with E-state index >= 15 is 0 Å². The van der Waals surface area contributed by atoms with Crippen molar-refractivity contribution in [1.29, 1.82) is 0 Å². The van der Waals surface area contributed by atoms with Crippen LogP contribution in [0, 0.1) is 0 Å². The second-order valence-electron chi connectivity index (χ2n) is 5.65. The van der Waals surface area contributed by atoms with E-state index in [-0.39, 0.29) is 18.0 Å². The number of hydrogen-bond acceptors (Lipinski definition) is 4. The van der Waals surface area contributed by atoms with Crippen molar-refractivity contribution in [3.63, 3.8) is 0 Å². The van der Waals surface area contributed by atoms with Gasteiger partial charge in [0.15, 0.2) is 0 Å². The van der Waals surface area contributed by atoms with Crippen LogP contribution in [0.1, 0.15) is 23.2 Å². The Morgan fingerprint density at radius 3 is 2.27 bits per heavy atom. The molecule has 22 heavy (non-hydrogen) atoms. The third-order valence-electron chi connectivity index (χ3n) is 3.91. The van der Waals surface area contributed by atoms with Gasteiger partial charge in [0.2, 0.25) is 0 Å². The average Bonchev–Trinajstić information content (AvgIpc) is 2.54. The molecule has 0 radical (unpaired) electrons. The fourth-order valence-corrected chi connectivity index (χ4v) is 2.52. The number of carbonyl (C=O) groups excluding carboxylic acids is 2. The van der Waals surface area contributed by atoms with Crippen molar-refractivity contribution in [3.05, 3.63) is 29.8 Å². The van der Waals surface area contributed by atoms with E-state index in [2.05, 4.69) is 5.32 Å². The summed E-state index contributed by atoms with van der Waals surface area (Å²) in [7, 11) is 5.31. The molecule has 1 N–H and O–H groups in total. The maximum Gasteiger partial charge on any atom is 0.409 e. The highest BCUT2D eigenvalue weighted by molar-refractivity contribution is 5.94. The van der Waals surface area contributed by atoms with Gasteiger partial charge in [-0.2, -0.15) is 0 Å². The number of rotatable bonds is 3. The summed E-state index contributed by atoms with van der Waals surface area (Å²) in [5.41, 5.74) is 1.71. The van der Waals surface area contributed by atoms with E-state index in [1.54, 1.807) is 4.90 Å². The van der Waals surface area contributed by atoms with Gasteiger partial charge in [0, 0.05) is 44.5 Å². The number of hydrogen-bond donors (Lipinski definition) is 1. The number of ether oxygens (including phenoxy) is 1. The molecule has 0 spiro atoms. The summed E-state index contributed by atoms with van der Waals surface area (Å²) in [4.78, 5) is 27.3. The van der Waals surface area contributed by atoms with Gasteiger partial charge in [0.05, 0.1) is 7.11 Å². The molecule has 2 rings (SSSR count). The lowest BCUT2D eigenvalue weighted by Gasteiger charge is -2.31. The zero-order valence-corrected chi connectivity index (χ0v) is 13.3. The van der Waals surface area contributed by atoms with Crippen LogP contribution in [0.2, 0.25) is 0 Å². The monoisotopic (exact) mass is 305 g/mol. The van der Waals surface area contributed by atoms with Gasteiger partial charge in [0.25, 0.3) is 5.91 Å². The molecule has 1 fully saturated rings. The molecular formula is C16H23N3O3. The van der Waals surface area contributed by atoms with Gasteiger partial charge >= 0.3 is 6.09 Å². The van der Waals surface area contributed by atoms with Gasteiger partial charge in [-0.15, -0.1) is 0 Å². The van der Waals surface area contributed by atoms with Gasteiger partial charge in [-0.3, -0.25) is 4.79 Å². The second kappa shape index (κ2) is 7.15. The standard InChI is InChI=1S/C16H23N3O3/c1-18(2)14-6-4-12(5-7-14)15(20)17-13-8-10-19(11-9-13)16(21)22-3/h4-7,13H,8-11H2,1-3H3,(H,17,20). The fraction of sp³-hybridized carbons (Fsp3) is 0.500. The molecule has 6 heteroatoms. The molecule has 1 aromatic carbocycles. The van der Waals surface area contributed by atoms with Crippen molar-refractivity contribution in [2.45, 2.75) is 18.9 Å². The van der Waals surface area contributed by atoms with Crippen LogP contribution in [-0.2, 0) is 4.74 Å². The largest absolute Gasteiger partial charge is 0.453 e. The van der Waals surface area contributed by atoms with Crippen LogP contribution in [0.4, 0.5) is 10.5 Å². The highest BCUT2D eigenvalue weighted by atomic mass is 16.5. The summed E-state index contributed by atoms with van der Waals surface area (Å²) in [5, 5.41) is 3.03. The molecule has 2 amide bonds. The smallest absolute Gasteiger partial charge is 0.409 e. The summed E-state index contributed by atoms with van der Waals surface area (Å²) < 4.78 is 4.70. The number of likely N-dealkylation sites (tertiary alicyclic amines) is 1. The van der Waals surface area contributed by atoms with Crippen LogP contribution in [0.25, 0.3) is 0 Å². The van der Waals surface area contributed by atoms with E-state index < -0.39 is 0 Å². The minimum atomic E-state index is -0.302. The maximum absolute atomic E-state index is 12.2. The lowest BCUT2D eigenvalue weighted by atomic mass is 10.0. The van der Waals surface area contributed by atoms with Gasteiger partial charge in [0.1, 0.15) is 0 Å². The van der Waals surface area contributed by atoms with Crippen molar-refractivity contribution in [2.24, 2.45) is 0 Å². The predicted molar refractivity (Wildman–Crippen MR) is 85.2 cm³/mol. The van der Waals surface area contributed by atoms with Crippen molar-refractivity contribution in [1.82, 2.24) is 10.2 Å². The van der Waals surface area contributed by atoms with E-state index in [0.29, 0.717) is 18.7 Å². The Labute approximate surface area is 131 Å². The van der Waals surface area contributed by atoms with E-state index in [9.17, 15) is 9.59 Å². The number of nitrogens with zero attached hydrogens (tertiary/aromatic N) is 2. The molecule has 0 bridgehead atoms. The lowest BCUT2D eigenvalue weighted by Crippen LogP contribution is -2.46. The van der Waals surface area contributed by atoms with Crippen LogP contribution in [-0.4, -0.2) is 57.2 Å². The summed E-state index contributed by atoms with van der Waals surface area (Å²) in [5.74, 6) is -0.0678. The van der Waals surface area contributed by atoms with Crippen LogP contribution in [0.15, 0.2) is 24.3 Å². The normalized spacial score (nSPS) is 15.3. The number of nitrogens with one attached hydrogen (secondary N) is 1. The van der Waals surface area contributed by atoms with Crippen LogP contribution in [0.3, 0.4) is 0 Å². The Balaban J connectivity index is 1.86. The molecule has 0 atom stereocenters. The summed E-state index contributed by atoms with van der Waals surface area (Å²) >= 11 is 0. The third kappa shape index (κ3) is 3.90. The van der Waals surface area contributed by atoms with E-state index in [4.69, 9.17) is 4.74 Å². The first kappa shape index (κ1) is 16.1. The minimum Gasteiger partial charge on any atom is -0.453 e. The van der Waals surface area contributed by atoms with Crippen LogP contribution in [0.5, 0.6) is 0 Å². The number of piperidine rings is 1. The van der Waals surface area contributed by atoms with Crippen molar-refractivity contribution >= 4 is 17.7 Å². The Hall–Kier alpha value is -2.24. The molecule has 6 nitrogen and oxygen atoms in total. The van der Waals surface area contributed by atoms with Crippen molar-refractivity contribution in [2.75, 3.05) is 39.2 Å². The number of amides is 2. The number of benzene rings is 1. The number of methoxy groups -OCH3 is 1. The number of anilines is 1. The Bertz CT molecular complexity index is 520. The third-order valence-corrected chi connectivity index (χ3v) is 3.91. The summed E-state index contributed by atoms with van der Waals surface area (Å²) in [6.45, 7) is 1.22. The SMILES string of the molecule is COC(=O)N1CCC(NC(=O)c2ccc(N(C)C)cc2)CC1. The van der Waals surface area contributed by atoms with Crippen molar-refractivity contribution in [3.8, 4) is 0 Å². The van der Waals surface area contributed by atoms with Crippen LogP contribution >= 0.6 is 0 Å². The molecule has 1 saturated heterocycles. The first-order chi connectivity index (χ1) is 10.5. The molecular weight excluding hydrogens is 282 g/mol. The highest BCUT2D eigenvalue weighted by Gasteiger charge is 2.24. The summed E-state index contributed by atoms with van der Waals surface area (Å²) in [6.07, 6.45) is 1.19. The first-order valence-corrected chi connectivity index (χ1v) is 7.42.